The van der Waals surface area contributed by atoms with Crippen molar-refractivity contribution in [2.75, 3.05) is 7.11 Å². The second kappa shape index (κ2) is 6.08. The molecule has 0 aromatic heterocycles. The van der Waals surface area contributed by atoms with Crippen molar-refractivity contribution in [3.05, 3.63) is 22.7 Å². The molecule has 0 saturated carbocycles. The van der Waals surface area contributed by atoms with Gasteiger partial charge in [0.1, 0.15) is 0 Å². The molecule has 0 amide bonds. The Morgan fingerprint density at radius 2 is 2.00 bits per heavy atom. The molecule has 0 radical (unpaired) electrons. The van der Waals surface area contributed by atoms with Crippen LogP contribution in [0.3, 0.4) is 0 Å². The third-order valence-electron chi connectivity index (χ3n) is 1.93. The van der Waals surface area contributed by atoms with E-state index in [-0.39, 0.29) is 34.5 Å². The second-order valence-electron chi connectivity index (χ2n) is 2.91. The van der Waals surface area contributed by atoms with E-state index >= 15 is 0 Å². The zero-order valence-corrected chi connectivity index (χ0v) is 9.86. The number of aromatic hydroxyl groups is 1. The van der Waals surface area contributed by atoms with E-state index in [0.717, 1.165) is 0 Å². The highest BCUT2D eigenvalue weighted by Crippen LogP contribution is 2.37. The number of phenols is 1. The molecule has 1 rings (SSSR count). The molecule has 7 heteroatoms. The van der Waals surface area contributed by atoms with Gasteiger partial charge in [0, 0.05) is 0 Å². The molecule has 1 aromatic rings. The average Bonchev–Trinajstić information content (AvgIpc) is 2.20. The number of ether oxygens (including phenoxy) is 1. The smallest absolute Gasteiger partial charge is 0.257 e. The Morgan fingerprint density at radius 3 is 2.44 bits per heavy atom. The van der Waals surface area contributed by atoms with Gasteiger partial charge in [0.25, 0.3) is 6.43 Å². The van der Waals surface area contributed by atoms with Crippen LogP contribution in [0.4, 0.5) is 8.78 Å². The molecular formula is C9H11Cl2F2NO2. The van der Waals surface area contributed by atoms with E-state index in [1.165, 1.54) is 19.2 Å². The maximum atomic E-state index is 12.3. The Balaban J connectivity index is 0.00000225. The molecule has 0 aliphatic carbocycles. The van der Waals surface area contributed by atoms with Crippen LogP contribution in [0.15, 0.2) is 12.1 Å². The first-order valence-corrected chi connectivity index (χ1v) is 4.45. The normalized spacial score (nSPS) is 12.1. The predicted molar refractivity (Wildman–Crippen MR) is 59.8 cm³/mol. The van der Waals surface area contributed by atoms with Crippen LogP contribution >= 0.6 is 24.0 Å². The summed E-state index contributed by atoms with van der Waals surface area (Å²) in [7, 11) is 1.29. The molecule has 0 bridgehead atoms. The van der Waals surface area contributed by atoms with E-state index in [9.17, 15) is 13.9 Å². The topological polar surface area (TPSA) is 55.5 Å². The molecule has 1 atom stereocenters. The number of nitrogens with two attached hydrogens (primary N) is 1. The quantitative estimate of drug-likeness (QED) is 0.891. The van der Waals surface area contributed by atoms with Crippen LogP contribution in [-0.4, -0.2) is 18.6 Å². The number of hydrogen-bond acceptors (Lipinski definition) is 3. The number of phenolic OH excluding ortho intramolecular Hbond substituents is 1. The Labute approximate surface area is 103 Å². The van der Waals surface area contributed by atoms with E-state index < -0.39 is 12.5 Å². The first kappa shape index (κ1) is 15.2. The van der Waals surface area contributed by atoms with Crippen molar-refractivity contribution in [1.29, 1.82) is 0 Å². The Kier molecular flexibility index (Phi) is 5.78. The molecule has 0 spiro atoms. The first-order chi connectivity index (χ1) is 6.97. The maximum Gasteiger partial charge on any atom is 0.257 e. The Hall–Kier alpha value is -0.780. The number of methoxy groups -OCH3 is 1. The van der Waals surface area contributed by atoms with Crippen molar-refractivity contribution in [3.63, 3.8) is 0 Å². The molecule has 0 saturated heterocycles. The van der Waals surface area contributed by atoms with Crippen molar-refractivity contribution in [1.82, 2.24) is 0 Å². The van der Waals surface area contributed by atoms with Gasteiger partial charge in [0.15, 0.2) is 11.5 Å². The van der Waals surface area contributed by atoms with Crippen molar-refractivity contribution < 1.29 is 18.6 Å². The van der Waals surface area contributed by atoms with Crippen LogP contribution in [0.2, 0.25) is 5.02 Å². The standard InChI is InChI=1S/C9H10ClF2NO2.ClH/c1-15-6-3-4(7(13)9(11)12)2-5(10)8(6)14;/h2-3,7,9,14H,13H2,1H3;1H/t7-;/m0./s1. The number of rotatable bonds is 3. The van der Waals surface area contributed by atoms with Crippen LogP contribution in [0.5, 0.6) is 11.5 Å². The van der Waals surface area contributed by atoms with Crippen molar-refractivity contribution in [3.8, 4) is 11.5 Å². The fourth-order valence-corrected chi connectivity index (χ4v) is 1.31. The van der Waals surface area contributed by atoms with Crippen LogP contribution < -0.4 is 10.5 Å². The summed E-state index contributed by atoms with van der Waals surface area (Å²) in [5.41, 5.74) is 5.35. The summed E-state index contributed by atoms with van der Waals surface area (Å²) < 4.78 is 29.4. The first-order valence-electron chi connectivity index (χ1n) is 4.07. The molecule has 0 heterocycles. The molecule has 1 aromatic carbocycles. The van der Waals surface area contributed by atoms with E-state index in [1.54, 1.807) is 0 Å². The minimum atomic E-state index is -2.70. The summed E-state index contributed by atoms with van der Waals surface area (Å²) in [4.78, 5) is 0. The van der Waals surface area contributed by atoms with Crippen molar-refractivity contribution >= 4 is 24.0 Å². The van der Waals surface area contributed by atoms with E-state index in [0.29, 0.717) is 0 Å². The van der Waals surface area contributed by atoms with E-state index in [2.05, 4.69) is 0 Å². The summed E-state index contributed by atoms with van der Waals surface area (Å²) in [5.74, 6) is -0.266. The van der Waals surface area contributed by atoms with Gasteiger partial charge in [-0.05, 0) is 17.7 Å². The summed E-state index contributed by atoms with van der Waals surface area (Å²) in [6, 6.07) is 0.978. The zero-order chi connectivity index (χ0) is 11.6. The highest BCUT2D eigenvalue weighted by molar-refractivity contribution is 6.32. The van der Waals surface area contributed by atoms with Gasteiger partial charge in [-0.2, -0.15) is 0 Å². The molecule has 0 fully saturated rings. The third kappa shape index (κ3) is 3.10. The van der Waals surface area contributed by atoms with E-state index in [4.69, 9.17) is 22.1 Å². The van der Waals surface area contributed by atoms with Gasteiger partial charge in [-0.25, -0.2) is 8.78 Å². The van der Waals surface area contributed by atoms with Gasteiger partial charge >= 0.3 is 0 Å². The number of halogens is 4. The molecule has 3 N–H and O–H groups in total. The second-order valence-corrected chi connectivity index (χ2v) is 3.32. The lowest BCUT2D eigenvalue weighted by Gasteiger charge is -2.13. The Bertz CT molecular complexity index is 364. The minimum Gasteiger partial charge on any atom is -0.503 e. The summed E-state index contributed by atoms with van der Waals surface area (Å²) in [6.45, 7) is 0. The lowest BCUT2D eigenvalue weighted by molar-refractivity contribution is 0.116. The minimum absolute atomic E-state index is 0. The van der Waals surface area contributed by atoms with E-state index in [1.807, 2.05) is 0 Å². The van der Waals surface area contributed by atoms with Gasteiger partial charge in [0.2, 0.25) is 0 Å². The van der Waals surface area contributed by atoms with Gasteiger partial charge < -0.3 is 15.6 Å². The van der Waals surface area contributed by atoms with Crippen LogP contribution in [0.1, 0.15) is 11.6 Å². The highest BCUT2D eigenvalue weighted by Gasteiger charge is 2.20. The third-order valence-corrected chi connectivity index (χ3v) is 2.22. The number of hydrogen-bond donors (Lipinski definition) is 2. The predicted octanol–water partition coefficient (Wildman–Crippen LogP) is 2.74. The van der Waals surface area contributed by atoms with Gasteiger partial charge in [-0.1, -0.05) is 11.6 Å². The SMILES string of the molecule is COc1cc([C@H](N)C(F)F)cc(Cl)c1O.Cl. The molecule has 0 unspecified atom stereocenters. The summed E-state index contributed by atoms with van der Waals surface area (Å²) >= 11 is 5.62. The van der Waals surface area contributed by atoms with Gasteiger partial charge in [-0.15, -0.1) is 12.4 Å². The molecule has 16 heavy (non-hydrogen) atoms. The Morgan fingerprint density at radius 1 is 1.44 bits per heavy atom. The van der Waals surface area contributed by atoms with Crippen molar-refractivity contribution in [2.45, 2.75) is 12.5 Å². The average molecular weight is 274 g/mol. The molecule has 0 aliphatic heterocycles. The molecule has 0 aliphatic rings. The number of benzene rings is 1. The molecule has 92 valence electrons. The van der Waals surface area contributed by atoms with Crippen molar-refractivity contribution in [2.24, 2.45) is 5.73 Å². The summed E-state index contributed by atoms with van der Waals surface area (Å²) in [6.07, 6.45) is -2.70. The monoisotopic (exact) mass is 273 g/mol. The fourth-order valence-electron chi connectivity index (χ4n) is 1.09. The molecular weight excluding hydrogens is 263 g/mol. The largest absolute Gasteiger partial charge is 0.503 e. The lowest BCUT2D eigenvalue weighted by atomic mass is 10.1. The van der Waals surface area contributed by atoms with Crippen LogP contribution in [0.25, 0.3) is 0 Å². The van der Waals surface area contributed by atoms with Gasteiger partial charge in [0.05, 0.1) is 18.2 Å². The fraction of sp³-hybridized carbons (Fsp3) is 0.333. The van der Waals surface area contributed by atoms with Gasteiger partial charge in [-0.3, -0.25) is 0 Å². The zero-order valence-electron chi connectivity index (χ0n) is 8.28. The highest BCUT2D eigenvalue weighted by atomic mass is 35.5. The summed E-state index contributed by atoms with van der Waals surface area (Å²) in [5, 5.41) is 9.29. The van der Waals surface area contributed by atoms with Crippen LogP contribution in [0, 0.1) is 0 Å². The lowest BCUT2D eigenvalue weighted by Crippen LogP contribution is -2.18. The molecule has 3 nitrogen and oxygen atoms in total. The number of alkyl halides is 2. The van der Waals surface area contributed by atoms with Crippen LogP contribution in [-0.2, 0) is 0 Å². The maximum absolute atomic E-state index is 12.3.